The van der Waals surface area contributed by atoms with Crippen LogP contribution < -0.4 is 5.32 Å². The van der Waals surface area contributed by atoms with Crippen LogP contribution in [-0.4, -0.2) is 47.4 Å². The summed E-state index contributed by atoms with van der Waals surface area (Å²) < 4.78 is 5.48. The van der Waals surface area contributed by atoms with Crippen molar-refractivity contribution in [3.8, 4) is 0 Å². The molecule has 0 rings (SSSR count). The monoisotopic (exact) mass is 976 g/mol. The van der Waals surface area contributed by atoms with Crippen molar-refractivity contribution in [2.24, 2.45) is 0 Å². The van der Waals surface area contributed by atoms with Crippen LogP contribution in [0.5, 0.6) is 0 Å². The van der Waals surface area contributed by atoms with Crippen molar-refractivity contribution < 1.29 is 24.5 Å². The molecule has 0 heterocycles. The Bertz CT molecular complexity index is 990. The van der Waals surface area contributed by atoms with Crippen LogP contribution in [0.2, 0.25) is 0 Å². The fraction of sp³-hybridized carbons (Fsp3) is 0.968. The molecule has 6 nitrogen and oxygen atoms in total. The maximum Gasteiger partial charge on any atom is 0.305 e. The quantitative estimate of drug-likeness (QED) is 0.0417. The number of ether oxygens (including phenoxy) is 1. The Hall–Kier alpha value is -1.14. The van der Waals surface area contributed by atoms with Gasteiger partial charge in [0.15, 0.2) is 0 Å². The van der Waals surface area contributed by atoms with Crippen molar-refractivity contribution in [2.75, 3.05) is 13.2 Å². The van der Waals surface area contributed by atoms with Gasteiger partial charge in [-0.2, -0.15) is 0 Å². The Kier molecular flexibility index (Phi) is 58.4. The van der Waals surface area contributed by atoms with Gasteiger partial charge in [0, 0.05) is 12.8 Å². The van der Waals surface area contributed by atoms with Gasteiger partial charge in [-0.25, -0.2) is 0 Å². The number of carbonyl (C=O) groups is 2. The molecule has 0 aromatic carbocycles. The van der Waals surface area contributed by atoms with Gasteiger partial charge in [-0.05, 0) is 25.7 Å². The summed E-state index contributed by atoms with van der Waals surface area (Å²) in [6.45, 7) is 4.94. The van der Waals surface area contributed by atoms with E-state index >= 15 is 0 Å². The number of rotatable bonds is 60. The molecule has 0 aliphatic rings. The predicted octanol–water partition coefficient (Wildman–Crippen LogP) is 19.9. The summed E-state index contributed by atoms with van der Waals surface area (Å²) in [6, 6.07) is -0.561. The van der Waals surface area contributed by atoms with Crippen LogP contribution in [0, 0.1) is 0 Å². The van der Waals surface area contributed by atoms with E-state index in [0.717, 1.165) is 57.8 Å². The Balaban J connectivity index is 3.43. The molecule has 0 saturated heterocycles. The summed E-state index contributed by atoms with van der Waals surface area (Å²) in [5.41, 5.74) is 0. The SMILES string of the molecule is CCCCCCCCCCCCCCCCCCCCCCCCCCC(O)C(CO)NC(=O)CCCCCCCCCCCOC(=O)CCCCCCCCCCCCCCCCCCCCC. The summed E-state index contributed by atoms with van der Waals surface area (Å²) in [7, 11) is 0. The molecule has 0 aromatic rings. The first kappa shape index (κ1) is 67.9. The Morgan fingerprint density at radius 1 is 0.348 bits per heavy atom. The lowest BCUT2D eigenvalue weighted by molar-refractivity contribution is -0.143. The van der Waals surface area contributed by atoms with Gasteiger partial charge < -0.3 is 20.3 Å². The summed E-state index contributed by atoms with van der Waals surface area (Å²) in [5.74, 6) is -0.0747. The van der Waals surface area contributed by atoms with Crippen LogP contribution >= 0.6 is 0 Å². The number of amides is 1. The number of unbranched alkanes of at least 4 members (excludes halogenated alkanes) is 49. The van der Waals surface area contributed by atoms with E-state index in [-0.39, 0.29) is 18.5 Å². The maximum atomic E-state index is 12.5. The predicted molar refractivity (Wildman–Crippen MR) is 301 cm³/mol. The molecular weight excluding hydrogens is 851 g/mol. The highest BCUT2D eigenvalue weighted by molar-refractivity contribution is 5.76. The fourth-order valence-electron chi connectivity index (χ4n) is 10.3. The Morgan fingerprint density at radius 3 is 0.884 bits per heavy atom. The van der Waals surface area contributed by atoms with Crippen molar-refractivity contribution in [3.05, 3.63) is 0 Å². The first-order valence-electron chi connectivity index (χ1n) is 31.8. The lowest BCUT2D eigenvalue weighted by Gasteiger charge is -2.22. The minimum atomic E-state index is -0.682. The number of carbonyl (C=O) groups excluding carboxylic acids is 2. The van der Waals surface area contributed by atoms with E-state index in [1.807, 2.05) is 0 Å². The van der Waals surface area contributed by atoms with Gasteiger partial charge in [0.2, 0.25) is 5.91 Å². The normalized spacial score (nSPS) is 12.5. The summed E-state index contributed by atoms with van der Waals surface area (Å²) in [5, 5.41) is 23.4. The first-order chi connectivity index (χ1) is 34.0. The molecule has 3 N–H and O–H groups in total. The Morgan fingerprint density at radius 2 is 0.594 bits per heavy atom. The molecule has 0 fully saturated rings. The third-order valence-corrected chi connectivity index (χ3v) is 15.2. The molecule has 0 radical (unpaired) electrons. The van der Waals surface area contributed by atoms with E-state index in [9.17, 15) is 19.8 Å². The molecule has 0 saturated carbocycles. The fourth-order valence-corrected chi connectivity index (χ4v) is 10.3. The highest BCUT2D eigenvalue weighted by atomic mass is 16.5. The molecule has 0 aromatic heterocycles. The third kappa shape index (κ3) is 56.0. The average Bonchev–Trinajstić information content (AvgIpc) is 3.35. The van der Waals surface area contributed by atoms with Crippen LogP contribution in [0.3, 0.4) is 0 Å². The zero-order chi connectivity index (χ0) is 50.0. The van der Waals surface area contributed by atoms with Gasteiger partial charge >= 0.3 is 5.97 Å². The zero-order valence-corrected chi connectivity index (χ0v) is 47.1. The minimum absolute atomic E-state index is 0.0182. The summed E-state index contributed by atoms with van der Waals surface area (Å²) in [4.78, 5) is 24.6. The highest BCUT2D eigenvalue weighted by Gasteiger charge is 2.20. The van der Waals surface area contributed by atoms with E-state index in [2.05, 4.69) is 19.2 Å². The molecule has 0 aliphatic carbocycles. The smallest absolute Gasteiger partial charge is 0.305 e. The van der Waals surface area contributed by atoms with Crippen molar-refractivity contribution in [1.29, 1.82) is 0 Å². The lowest BCUT2D eigenvalue weighted by atomic mass is 10.0. The number of aliphatic hydroxyl groups is 2. The summed E-state index contributed by atoms with van der Waals surface area (Å²) >= 11 is 0. The third-order valence-electron chi connectivity index (χ3n) is 15.2. The molecule has 2 atom stereocenters. The van der Waals surface area contributed by atoms with Crippen molar-refractivity contribution in [2.45, 2.75) is 379 Å². The number of hydrogen-bond acceptors (Lipinski definition) is 5. The van der Waals surface area contributed by atoms with Crippen LogP contribution in [0.4, 0.5) is 0 Å². The maximum absolute atomic E-state index is 12.5. The van der Waals surface area contributed by atoms with Crippen molar-refractivity contribution in [1.82, 2.24) is 5.32 Å². The van der Waals surface area contributed by atoms with Crippen LogP contribution in [0.25, 0.3) is 0 Å². The Labute approximate surface area is 432 Å². The minimum Gasteiger partial charge on any atom is -0.466 e. The molecule has 69 heavy (non-hydrogen) atoms. The number of esters is 1. The van der Waals surface area contributed by atoms with Crippen LogP contribution in [0.15, 0.2) is 0 Å². The van der Waals surface area contributed by atoms with Gasteiger partial charge in [-0.1, -0.05) is 328 Å². The van der Waals surface area contributed by atoms with Gasteiger partial charge in [-0.15, -0.1) is 0 Å². The molecular formula is C63H125NO5. The van der Waals surface area contributed by atoms with Crippen molar-refractivity contribution in [3.63, 3.8) is 0 Å². The van der Waals surface area contributed by atoms with Crippen molar-refractivity contribution >= 4 is 11.9 Å². The van der Waals surface area contributed by atoms with E-state index in [1.165, 1.54) is 276 Å². The molecule has 2 unspecified atom stereocenters. The molecule has 1 amide bonds. The van der Waals surface area contributed by atoms with E-state index in [1.54, 1.807) is 0 Å². The van der Waals surface area contributed by atoms with Gasteiger partial charge in [0.25, 0.3) is 0 Å². The van der Waals surface area contributed by atoms with Gasteiger partial charge in [-0.3, -0.25) is 9.59 Å². The summed E-state index contributed by atoms with van der Waals surface area (Å²) in [6.07, 6.45) is 69.7. The average molecular weight is 977 g/mol. The lowest BCUT2D eigenvalue weighted by Crippen LogP contribution is -2.45. The largest absolute Gasteiger partial charge is 0.466 e. The van der Waals surface area contributed by atoms with Gasteiger partial charge in [0.1, 0.15) is 0 Å². The molecule has 0 spiro atoms. The molecule has 6 heteroatoms. The molecule has 0 aliphatic heterocycles. The van der Waals surface area contributed by atoms with Gasteiger partial charge in [0.05, 0.1) is 25.4 Å². The highest BCUT2D eigenvalue weighted by Crippen LogP contribution is 2.19. The van der Waals surface area contributed by atoms with E-state index in [4.69, 9.17) is 4.74 Å². The number of hydrogen-bond donors (Lipinski definition) is 3. The van der Waals surface area contributed by atoms with E-state index in [0.29, 0.717) is 25.9 Å². The second kappa shape index (κ2) is 59.4. The molecule has 0 bridgehead atoms. The topological polar surface area (TPSA) is 95.9 Å². The zero-order valence-electron chi connectivity index (χ0n) is 47.1. The van der Waals surface area contributed by atoms with E-state index < -0.39 is 12.1 Å². The van der Waals surface area contributed by atoms with Crippen LogP contribution in [-0.2, 0) is 14.3 Å². The second-order valence-electron chi connectivity index (χ2n) is 22.1. The first-order valence-corrected chi connectivity index (χ1v) is 31.8. The van der Waals surface area contributed by atoms with Crippen LogP contribution in [0.1, 0.15) is 367 Å². The standard InChI is InChI=1S/C63H125NO5/c1-3-5-7-9-11-13-15-17-19-21-23-24-25-26-27-29-30-32-34-36-39-43-47-51-55-61(66)60(59-65)64-62(67)56-52-48-44-40-38-42-46-50-54-58-69-63(68)57-53-49-45-41-37-35-33-31-28-22-20-18-16-14-12-10-8-6-4-2/h60-61,65-66H,3-59H2,1-2H3,(H,64,67). The molecule has 412 valence electrons. The second-order valence-corrected chi connectivity index (χ2v) is 22.1. The number of nitrogens with one attached hydrogen (secondary N) is 1. The number of aliphatic hydroxyl groups excluding tert-OH is 2.